The molecule has 0 unspecified atom stereocenters. The molecule has 0 amide bonds. The summed E-state index contributed by atoms with van der Waals surface area (Å²) in [4.78, 5) is 10.3. The van der Waals surface area contributed by atoms with Crippen molar-refractivity contribution in [3.05, 3.63) is 194 Å². The van der Waals surface area contributed by atoms with Crippen LogP contribution in [0, 0.1) is 0 Å². The number of pyridine rings is 1. The molecule has 0 aliphatic carbocycles. The van der Waals surface area contributed by atoms with Gasteiger partial charge in [-0.05, 0) is 105 Å². The van der Waals surface area contributed by atoms with E-state index in [2.05, 4.69) is 165 Å². The number of benzene rings is 7. The van der Waals surface area contributed by atoms with E-state index in [1.165, 1.54) is 5.56 Å². The Morgan fingerprint density at radius 3 is 1.77 bits per heavy atom. The summed E-state index contributed by atoms with van der Waals surface area (Å²) < 4.78 is 2.22. The highest BCUT2D eigenvalue weighted by Crippen LogP contribution is 2.42. The fraction of sp³-hybridized carbons (Fsp3) is 0.0769. The molecule has 0 bridgehead atoms. The molecule has 0 atom stereocenters. The van der Waals surface area contributed by atoms with Crippen LogP contribution >= 0.6 is 0 Å². The van der Waals surface area contributed by atoms with Crippen LogP contribution in [-0.2, 0) is 5.41 Å². The number of fused-ring (bicyclic) bond motifs is 1. The van der Waals surface area contributed by atoms with Crippen molar-refractivity contribution in [1.29, 1.82) is 0 Å². The summed E-state index contributed by atoms with van der Waals surface area (Å²) in [6, 6.07) is 63.0. The second-order valence-electron chi connectivity index (χ2n) is 15.3. The molecule has 0 aliphatic heterocycles. The molecular formula is C52H41N3O. The van der Waals surface area contributed by atoms with Gasteiger partial charge in [0.05, 0.1) is 28.0 Å². The Morgan fingerprint density at radius 2 is 1.07 bits per heavy atom. The lowest BCUT2D eigenvalue weighted by molar-refractivity contribution is 0.477. The molecule has 2 aromatic heterocycles. The molecule has 4 heteroatoms. The van der Waals surface area contributed by atoms with Gasteiger partial charge >= 0.3 is 0 Å². The van der Waals surface area contributed by atoms with E-state index in [9.17, 15) is 5.11 Å². The molecule has 0 saturated carbocycles. The zero-order valence-corrected chi connectivity index (χ0v) is 31.7. The number of aromatic nitrogens is 3. The summed E-state index contributed by atoms with van der Waals surface area (Å²) in [6.07, 6.45) is 1.89. The molecule has 1 N–H and O–H groups in total. The summed E-state index contributed by atoms with van der Waals surface area (Å²) in [7, 11) is 0. The molecular weight excluding hydrogens is 683 g/mol. The average molecular weight is 724 g/mol. The third-order valence-electron chi connectivity index (χ3n) is 10.5. The third-order valence-corrected chi connectivity index (χ3v) is 10.5. The van der Waals surface area contributed by atoms with Crippen LogP contribution < -0.4 is 0 Å². The van der Waals surface area contributed by atoms with E-state index >= 15 is 0 Å². The van der Waals surface area contributed by atoms with Gasteiger partial charge in [-0.2, -0.15) is 0 Å². The van der Waals surface area contributed by atoms with E-state index in [1.807, 2.05) is 42.6 Å². The van der Waals surface area contributed by atoms with Gasteiger partial charge in [-0.1, -0.05) is 142 Å². The Labute approximate surface area is 328 Å². The second-order valence-corrected chi connectivity index (χ2v) is 15.3. The number of imidazole rings is 1. The fourth-order valence-electron chi connectivity index (χ4n) is 7.59. The molecule has 0 radical (unpaired) electrons. The number of phenolic OH excluding ortho intramolecular Hbond substituents is 1. The van der Waals surface area contributed by atoms with E-state index < -0.39 is 0 Å². The highest BCUT2D eigenvalue weighted by Gasteiger charge is 2.24. The molecule has 4 nitrogen and oxygen atoms in total. The SMILES string of the molecule is CC(C)(C)c1ccc(-n2c(-c3ccccc3O)nc3c(-c4cc(-c5ccccc5)cc(-c5cc(-c6ccccc6)ccn5)c4)cccc32)c(-c2ccccc2)c1. The minimum Gasteiger partial charge on any atom is -0.507 e. The standard InChI is InChI=1S/C52H41N3O/c1-52(2,3)42-26-27-47(45(34-42)37-20-11-6-12-21-37)55-48-24-15-23-43(50(48)54-51(55)44-22-13-14-25-49(44)56)40-30-39(36-18-9-5-10-19-36)31-41(32-40)46-33-38(28-29-53-46)35-16-7-4-8-17-35/h4-34,56H,1-3H3. The molecule has 0 fully saturated rings. The predicted molar refractivity (Wildman–Crippen MR) is 232 cm³/mol. The summed E-state index contributed by atoms with van der Waals surface area (Å²) in [5.74, 6) is 0.846. The van der Waals surface area contributed by atoms with Crippen molar-refractivity contribution in [1.82, 2.24) is 14.5 Å². The molecule has 0 aliphatic rings. The van der Waals surface area contributed by atoms with Gasteiger partial charge in [0.15, 0.2) is 0 Å². The normalized spacial score (nSPS) is 11.6. The smallest absolute Gasteiger partial charge is 0.149 e. The van der Waals surface area contributed by atoms with E-state index in [0.717, 1.165) is 72.5 Å². The molecule has 56 heavy (non-hydrogen) atoms. The highest BCUT2D eigenvalue weighted by atomic mass is 16.3. The van der Waals surface area contributed by atoms with Crippen LogP contribution in [0.2, 0.25) is 0 Å². The van der Waals surface area contributed by atoms with Gasteiger partial charge in [0.25, 0.3) is 0 Å². The topological polar surface area (TPSA) is 50.9 Å². The number of hydrogen-bond donors (Lipinski definition) is 1. The first kappa shape index (κ1) is 34.7. The Hall–Kier alpha value is -7.04. The average Bonchev–Trinajstić information content (AvgIpc) is 3.63. The Balaban J connectivity index is 1.31. The fourth-order valence-corrected chi connectivity index (χ4v) is 7.59. The van der Waals surface area contributed by atoms with Crippen molar-refractivity contribution in [2.75, 3.05) is 0 Å². The van der Waals surface area contributed by atoms with Crippen molar-refractivity contribution in [3.63, 3.8) is 0 Å². The molecule has 0 saturated heterocycles. The van der Waals surface area contributed by atoms with Crippen molar-refractivity contribution in [2.45, 2.75) is 26.2 Å². The highest BCUT2D eigenvalue weighted by molar-refractivity contribution is 5.98. The number of para-hydroxylation sites is 2. The summed E-state index contributed by atoms with van der Waals surface area (Å²) >= 11 is 0. The monoisotopic (exact) mass is 723 g/mol. The summed E-state index contributed by atoms with van der Waals surface area (Å²) in [6.45, 7) is 6.73. The lowest BCUT2D eigenvalue weighted by atomic mass is 9.85. The van der Waals surface area contributed by atoms with E-state index in [4.69, 9.17) is 9.97 Å². The van der Waals surface area contributed by atoms with E-state index in [0.29, 0.717) is 11.4 Å². The molecule has 2 heterocycles. The Morgan fingerprint density at radius 1 is 0.464 bits per heavy atom. The van der Waals surface area contributed by atoms with Crippen molar-refractivity contribution in [2.24, 2.45) is 0 Å². The predicted octanol–water partition coefficient (Wildman–Crippen LogP) is 13.4. The lowest BCUT2D eigenvalue weighted by Gasteiger charge is -2.23. The van der Waals surface area contributed by atoms with Gasteiger partial charge in [0, 0.05) is 22.9 Å². The maximum Gasteiger partial charge on any atom is 0.149 e. The number of phenols is 1. The summed E-state index contributed by atoms with van der Waals surface area (Å²) in [5.41, 5.74) is 15.2. The molecule has 0 spiro atoms. The number of nitrogens with zero attached hydrogens (tertiary/aromatic N) is 3. The van der Waals surface area contributed by atoms with Crippen LogP contribution in [-0.4, -0.2) is 19.6 Å². The second kappa shape index (κ2) is 14.3. The quantitative estimate of drug-likeness (QED) is 0.178. The van der Waals surface area contributed by atoms with E-state index in [1.54, 1.807) is 6.07 Å². The van der Waals surface area contributed by atoms with Crippen LogP contribution in [0.3, 0.4) is 0 Å². The maximum absolute atomic E-state index is 11.4. The van der Waals surface area contributed by atoms with Crippen LogP contribution in [0.1, 0.15) is 26.3 Å². The largest absolute Gasteiger partial charge is 0.507 e. The van der Waals surface area contributed by atoms with Gasteiger partial charge in [0.2, 0.25) is 0 Å². The minimum absolute atomic E-state index is 0.0519. The molecule has 7 aromatic carbocycles. The van der Waals surface area contributed by atoms with Gasteiger partial charge in [-0.3, -0.25) is 9.55 Å². The zero-order valence-electron chi connectivity index (χ0n) is 31.7. The van der Waals surface area contributed by atoms with Crippen LogP contribution in [0.15, 0.2) is 188 Å². The van der Waals surface area contributed by atoms with Crippen LogP contribution in [0.5, 0.6) is 5.75 Å². The zero-order chi connectivity index (χ0) is 38.2. The minimum atomic E-state index is -0.0519. The number of hydrogen-bond acceptors (Lipinski definition) is 3. The van der Waals surface area contributed by atoms with E-state index in [-0.39, 0.29) is 11.2 Å². The maximum atomic E-state index is 11.4. The van der Waals surface area contributed by atoms with Crippen LogP contribution in [0.25, 0.3) is 83.9 Å². The molecule has 9 rings (SSSR count). The van der Waals surface area contributed by atoms with Gasteiger partial charge in [-0.25, -0.2) is 4.98 Å². The first-order valence-electron chi connectivity index (χ1n) is 19.0. The Bertz CT molecular complexity index is 2830. The first-order chi connectivity index (χ1) is 27.3. The third kappa shape index (κ3) is 6.56. The molecule has 270 valence electrons. The molecule has 9 aromatic rings. The van der Waals surface area contributed by atoms with Gasteiger partial charge in [-0.15, -0.1) is 0 Å². The first-order valence-corrected chi connectivity index (χ1v) is 19.0. The number of rotatable bonds is 7. The van der Waals surface area contributed by atoms with Gasteiger partial charge in [0.1, 0.15) is 11.6 Å². The Kier molecular flexibility index (Phi) is 8.87. The number of aromatic hydroxyl groups is 1. The van der Waals surface area contributed by atoms with Crippen molar-refractivity contribution >= 4 is 11.0 Å². The van der Waals surface area contributed by atoms with Crippen molar-refractivity contribution in [3.8, 4) is 78.6 Å². The van der Waals surface area contributed by atoms with Gasteiger partial charge < -0.3 is 5.11 Å². The van der Waals surface area contributed by atoms with Crippen molar-refractivity contribution < 1.29 is 5.11 Å². The lowest BCUT2D eigenvalue weighted by Crippen LogP contribution is -2.12. The summed E-state index contributed by atoms with van der Waals surface area (Å²) in [5, 5.41) is 11.4. The van der Waals surface area contributed by atoms with Crippen LogP contribution in [0.4, 0.5) is 0 Å².